The van der Waals surface area contributed by atoms with E-state index in [1.54, 1.807) is 30.3 Å². The van der Waals surface area contributed by atoms with Gasteiger partial charge in [-0.1, -0.05) is 6.07 Å². The van der Waals surface area contributed by atoms with Crippen molar-refractivity contribution in [1.29, 1.82) is 10.7 Å². The highest BCUT2D eigenvalue weighted by Crippen LogP contribution is 2.33. The summed E-state index contributed by atoms with van der Waals surface area (Å²) < 4.78 is 18.2. The fourth-order valence-corrected chi connectivity index (χ4v) is 2.57. The number of ether oxygens (including phenoxy) is 1. The Labute approximate surface area is 143 Å². The van der Waals surface area contributed by atoms with E-state index >= 15 is 0 Å². The molecular formula is C19H14FN3O2. The Bertz CT molecular complexity index is 1030. The molecule has 0 radical (unpaired) electrons. The number of aromatic amines is 1. The fourth-order valence-electron chi connectivity index (χ4n) is 2.57. The lowest BCUT2D eigenvalue weighted by molar-refractivity contribution is 0.373. The van der Waals surface area contributed by atoms with Crippen LogP contribution < -0.4 is 10.2 Å². The van der Waals surface area contributed by atoms with E-state index in [9.17, 15) is 14.8 Å². The number of hydrogen-bond donors (Lipinski definition) is 3. The summed E-state index contributed by atoms with van der Waals surface area (Å²) in [4.78, 5) is 2.84. The Morgan fingerprint density at radius 2 is 1.80 bits per heavy atom. The molecule has 0 fully saturated rings. The summed E-state index contributed by atoms with van der Waals surface area (Å²) >= 11 is 0. The molecule has 25 heavy (non-hydrogen) atoms. The first-order valence-corrected chi connectivity index (χ1v) is 7.39. The van der Waals surface area contributed by atoms with Crippen LogP contribution in [0.2, 0.25) is 0 Å². The number of nitrogens with zero attached hydrogens (tertiary/aromatic N) is 1. The molecule has 0 bridgehead atoms. The monoisotopic (exact) mass is 335 g/mol. The maximum absolute atomic E-state index is 13.1. The first kappa shape index (κ1) is 16.3. The van der Waals surface area contributed by atoms with E-state index in [0.29, 0.717) is 28.1 Å². The number of halogens is 1. The molecule has 0 amide bonds. The molecule has 0 saturated heterocycles. The number of pyridine rings is 1. The van der Waals surface area contributed by atoms with Gasteiger partial charge in [0.25, 0.3) is 0 Å². The molecule has 124 valence electrons. The largest absolute Gasteiger partial charge is 0.504 e. The first-order valence-electron chi connectivity index (χ1n) is 7.39. The Kier molecular flexibility index (Phi) is 4.23. The lowest BCUT2D eigenvalue weighted by atomic mass is 9.98. The number of phenolic OH excluding ortho intramolecular Hbond substituents is 1. The lowest BCUT2D eigenvalue weighted by Crippen LogP contribution is -2.13. The fraction of sp³-hybridized carbons (Fsp3) is 0.0526. The molecule has 2 aromatic carbocycles. The number of nitriles is 1. The summed E-state index contributed by atoms with van der Waals surface area (Å²) in [5.74, 6) is -0.106. The third-order valence-corrected chi connectivity index (χ3v) is 3.82. The van der Waals surface area contributed by atoms with E-state index in [2.05, 4.69) is 4.98 Å². The van der Waals surface area contributed by atoms with Crippen molar-refractivity contribution in [3.8, 4) is 40.0 Å². The summed E-state index contributed by atoms with van der Waals surface area (Å²) in [6.45, 7) is 0. The third-order valence-electron chi connectivity index (χ3n) is 3.82. The molecule has 0 spiro atoms. The predicted molar refractivity (Wildman–Crippen MR) is 90.4 cm³/mol. The first-order chi connectivity index (χ1) is 12.0. The van der Waals surface area contributed by atoms with E-state index in [1.807, 2.05) is 6.07 Å². The summed E-state index contributed by atoms with van der Waals surface area (Å²) in [5.41, 5.74) is 2.39. The number of hydrogen-bond acceptors (Lipinski definition) is 4. The van der Waals surface area contributed by atoms with Gasteiger partial charge in [-0.2, -0.15) is 5.26 Å². The van der Waals surface area contributed by atoms with Gasteiger partial charge in [0.2, 0.25) is 0 Å². The highest BCUT2D eigenvalue weighted by atomic mass is 19.1. The minimum absolute atomic E-state index is 0.0605. The second-order valence-corrected chi connectivity index (χ2v) is 5.35. The predicted octanol–water partition coefficient (Wildman–Crippen LogP) is 3.55. The van der Waals surface area contributed by atoms with Crippen LogP contribution in [-0.2, 0) is 0 Å². The number of rotatable bonds is 3. The average Bonchev–Trinajstić information content (AvgIpc) is 2.61. The number of aromatic nitrogens is 1. The Morgan fingerprint density at radius 3 is 2.40 bits per heavy atom. The van der Waals surface area contributed by atoms with Crippen LogP contribution in [0.3, 0.4) is 0 Å². The van der Waals surface area contributed by atoms with Gasteiger partial charge in [0.1, 0.15) is 22.9 Å². The number of nitrogens with one attached hydrogen (secondary N) is 2. The molecule has 1 heterocycles. The van der Waals surface area contributed by atoms with Gasteiger partial charge in [-0.15, -0.1) is 0 Å². The van der Waals surface area contributed by atoms with Gasteiger partial charge in [-0.3, -0.25) is 5.41 Å². The van der Waals surface area contributed by atoms with Crippen LogP contribution in [-0.4, -0.2) is 17.2 Å². The Balaban J connectivity index is 2.21. The normalized spacial score (nSPS) is 10.3. The molecule has 0 aliphatic heterocycles. The third kappa shape index (κ3) is 3.08. The van der Waals surface area contributed by atoms with Gasteiger partial charge in [0, 0.05) is 11.3 Å². The van der Waals surface area contributed by atoms with Crippen molar-refractivity contribution in [3.05, 3.63) is 65.4 Å². The minimum atomic E-state index is -0.358. The van der Waals surface area contributed by atoms with E-state index in [1.165, 1.54) is 25.3 Å². The van der Waals surface area contributed by atoms with Crippen molar-refractivity contribution in [2.45, 2.75) is 0 Å². The second kappa shape index (κ2) is 6.49. The Morgan fingerprint density at radius 1 is 1.12 bits per heavy atom. The molecule has 0 aliphatic carbocycles. The highest BCUT2D eigenvalue weighted by Gasteiger charge is 2.13. The van der Waals surface area contributed by atoms with Crippen LogP contribution in [0.25, 0.3) is 22.4 Å². The lowest BCUT2D eigenvalue weighted by Gasteiger charge is -2.11. The van der Waals surface area contributed by atoms with Crippen LogP contribution in [0.4, 0.5) is 4.39 Å². The molecule has 1 aromatic heterocycles. The topological polar surface area (TPSA) is 92.9 Å². The van der Waals surface area contributed by atoms with Crippen LogP contribution in [0.15, 0.2) is 48.5 Å². The average molecular weight is 335 g/mol. The van der Waals surface area contributed by atoms with E-state index < -0.39 is 0 Å². The van der Waals surface area contributed by atoms with Gasteiger partial charge in [-0.05, 0) is 53.6 Å². The van der Waals surface area contributed by atoms with Crippen molar-refractivity contribution >= 4 is 0 Å². The molecule has 0 unspecified atom stereocenters. The molecular weight excluding hydrogens is 321 g/mol. The maximum Gasteiger partial charge on any atom is 0.160 e. The van der Waals surface area contributed by atoms with E-state index in [0.717, 1.165) is 0 Å². The molecule has 5 nitrogen and oxygen atoms in total. The van der Waals surface area contributed by atoms with Crippen molar-refractivity contribution < 1.29 is 14.2 Å². The number of phenols is 1. The van der Waals surface area contributed by atoms with Crippen LogP contribution in [0, 0.1) is 22.6 Å². The zero-order valence-electron chi connectivity index (χ0n) is 13.3. The maximum atomic E-state index is 13.1. The standard InChI is InChI=1S/C19H14FN3O2/c1-25-18-7-4-12(8-17(18)24)14-9-16(23-19(22)15(14)10-21)11-2-5-13(20)6-3-11/h2-9,24H,1H3,(H2,22,23). The zero-order chi connectivity index (χ0) is 18.0. The SMILES string of the molecule is COc1ccc(-c2cc(-c3ccc(F)cc3)[nH]c(=N)c2C#N)cc1O. The highest BCUT2D eigenvalue weighted by molar-refractivity contribution is 5.76. The molecule has 0 atom stereocenters. The summed E-state index contributed by atoms with van der Waals surface area (Å²) in [6, 6.07) is 14.3. The molecule has 0 aliphatic rings. The molecule has 6 heteroatoms. The van der Waals surface area contributed by atoms with Crippen molar-refractivity contribution in [3.63, 3.8) is 0 Å². The van der Waals surface area contributed by atoms with Crippen LogP contribution >= 0.6 is 0 Å². The molecule has 3 N–H and O–H groups in total. The van der Waals surface area contributed by atoms with Crippen molar-refractivity contribution in [1.82, 2.24) is 4.98 Å². The van der Waals surface area contributed by atoms with E-state index in [-0.39, 0.29) is 22.6 Å². The van der Waals surface area contributed by atoms with Crippen LogP contribution in [0.1, 0.15) is 5.56 Å². The van der Waals surface area contributed by atoms with Crippen molar-refractivity contribution in [2.24, 2.45) is 0 Å². The quantitative estimate of drug-likeness (QED) is 0.683. The van der Waals surface area contributed by atoms with Gasteiger partial charge < -0.3 is 14.8 Å². The second-order valence-electron chi connectivity index (χ2n) is 5.35. The minimum Gasteiger partial charge on any atom is -0.504 e. The number of methoxy groups -OCH3 is 1. The number of H-pyrrole nitrogens is 1. The van der Waals surface area contributed by atoms with Crippen LogP contribution in [0.5, 0.6) is 11.5 Å². The molecule has 3 aromatic rings. The van der Waals surface area contributed by atoms with Gasteiger partial charge in [0.05, 0.1) is 7.11 Å². The zero-order valence-corrected chi connectivity index (χ0v) is 13.3. The molecule has 3 rings (SSSR count). The van der Waals surface area contributed by atoms with Gasteiger partial charge in [-0.25, -0.2) is 4.39 Å². The smallest absolute Gasteiger partial charge is 0.160 e. The number of benzene rings is 2. The summed E-state index contributed by atoms with van der Waals surface area (Å²) in [7, 11) is 1.45. The molecule has 0 saturated carbocycles. The number of aromatic hydroxyl groups is 1. The summed E-state index contributed by atoms with van der Waals surface area (Å²) in [5, 5.41) is 27.5. The Hall–Kier alpha value is -3.59. The van der Waals surface area contributed by atoms with Gasteiger partial charge >= 0.3 is 0 Å². The van der Waals surface area contributed by atoms with E-state index in [4.69, 9.17) is 10.1 Å². The van der Waals surface area contributed by atoms with Crippen molar-refractivity contribution in [2.75, 3.05) is 7.11 Å². The summed E-state index contributed by atoms with van der Waals surface area (Å²) in [6.07, 6.45) is 0. The van der Waals surface area contributed by atoms with Gasteiger partial charge in [0.15, 0.2) is 11.5 Å².